The van der Waals surface area contributed by atoms with Gasteiger partial charge in [0.05, 0.1) is 12.0 Å². The van der Waals surface area contributed by atoms with Crippen LogP contribution in [0.25, 0.3) is 0 Å². The van der Waals surface area contributed by atoms with Gasteiger partial charge < -0.3 is 4.90 Å². The van der Waals surface area contributed by atoms with Gasteiger partial charge in [0.2, 0.25) is 5.91 Å². The summed E-state index contributed by atoms with van der Waals surface area (Å²) in [5.41, 5.74) is 2.70. The molecule has 0 saturated carbocycles. The van der Waals surface area contributed by atoms with Crippen LogP contribution in [0.1, 0.15) is 37.0 Å². The van der Waals surface area contributed by atoms with Gasteiger partial charge in [0.25, 0.3) is 0 Å². The maximum absolute atomic E-state index is 12.4. The van der Waals surface area contributed by atoms with Gasteiger partial charge in [-0.2, -0.15) is 0 Å². The number of Topliss-reactive ketones (excluding diaryl/α,β-unsaturated/α-hetero) is 1. The molecule has 1 fully saturated rings. The molecule has 3 heteroatoms. The Morgan fingerprint density at radius 2 is 2.00 bits per heavy atom. The van der Waals surface area contributed by atoms with Gasteiger partial charge in [-0.3, -0.25) is 9.59 Å². The summed E-state index contributed by atoms with van der Waals surface area (Å²) in [4.78, 5) is 25.9. The smallest absolute Gasteiger partial charge is 0.227 e. The van der Waals surface area contributed by atoms with E-state index in [1.807, 2.05) is 39.8 Å². The summed E-state index contributed by atoms with van der Waals surface area (Å²) in [6.45, 7) is 8.27. The van der Waals surface area contributed by atoms with Crippen molar-refractivity contribution in [2.24, 2.45) is 0 Å². The lowest BCUT2D eigenvalue weighted by Gasteiger charge is -2.30. The molecule has 1 aromatic carbocycles. The van der Waals surface area contributed by atoms with Gasteiger partial charge in [-0.1, -0.05) is 23.8 Å². The lowest BCUT2D eigenvalue weighted by atomic mass is 9.98. The molecular weight excluding hydrogens is 238 g/mol. The number of benzene rings is 1. The molecule has 0 N–H and O–H groups in total. The predicted molar refractivity (Wildman–Crippen MR) is 75.0 cm³/mol. The molecule has 0 aromatic heterocycles. The number of hydrogen-bond donors (Lipinski definition) is 0. The molecule has 0 spiro atoms. The zero-order valence-corrected chi connectivity index (χ0v) is 12.1. The van der Waals surface area contributed by atoms with Gasteiger partial charge in [0.15, 0.2) is 5.78 Å². The van der Waals surface area contributed by atoms with Crippen LogP contribution < -0.4 is 0 Å². The van der Waals surface area contributed by atoms with Crippen molar-refractivity contribution in [3.8, 4) is 0 Å². The Hall–Kier alpha value is -1.64. The summed E-state index contributed by atoms with van der Waals surface area (Å²) in [5.74, 6) is 0.200. The van der Waals surface area contributed by atoms with E-state index in [0.29, 0.717) is 19.4 Å². The molecule has 0 aliphatic carbocycles. The topological polar surface area (TPSA) is 37.4 Å². The molecule has 1 amide bonds. The van der Waals surface area contributed by atoms with Crippen molar-refractivity contribution in [2.75, 3.05) is 6.54 Å². The second-order valence-electron chi connectivity index (χ2n) is 5.88. The second kappa shape index (κ2) is 4.80. The minimum Gasteiger partial charge on any atom is -0.330 e. The minimum absolute atomic E-state index is 0.0459. The van der Waals surface area contributed by atoms with E-state index >= 15 is 0 Å². The minimum atomic E-state index is -0.644. The van der Waals surface area contributed by atoms with E-state index < -0.39 is 5.54 Å². The van der Waals surface area contributed by atoms with E-state index in [1.54, 1.807) is 4.90 Å². The summed E-state index contributed by atoms with van der Waals surface area (Å²) in [7, 11) is 0. The molecule has 1 aliphatic rings. The molecule has 3 nitrogen and oxygen atoms in total. The number of ketones is 1. The maximum atomic E-state index is 12.4. The van der Waals surface area contributed by atoms with Crippen molar-refractivity contribution in [3.05, 3.63) is 34.9 Å². The van der Waals surface area contributed by atoms with Gasteiger partial charge >= 0.3 is 0 Å². The first kappa shape index (κ1) is 13.8. The van der Waals surface area contributed by atoms with Crippen molar-refractivity contribution in [2.45, 2.75) is 46.1 Å². The van der Waals surface area contributed by atoms with Gasteiger partial charge in [-0.25, -0.2) is 0 Å². The molecule has 0 bridgehead atoms. The number of hydrogen-bond acceptors (Lipinski definition) is 2. The number of rotatable bonds is 2. The zero-order chi connectivity index (χ0) is 14.2. The van der Waals surface area contributed by atoms with Crippen LogP contribution in [0.2, 0.25) is 0 Å². The summed E-state index contributed by atoms with van der Waals surface area (Å²) < 4.78 is 0. The summed E-state index contributed by atoms with van der Waals surface area (Å²) >= 11 is 0. The number of carbonyl (C=O) groups excluding carboxylic acids is 2. The van der Waals surface area contributed by atoms with E-state index in [0.717, 1.165) is 16.7 Å². The van der Waals surface area contributed by atoms with Crippen LogP contribution in [0.3, 0.4) is 0 Å². The highest BCUT2D eigenvalue weighted by Gasteiger charge is 2.42. The van der Waals surface area contributed by atoms with Crippen LogP contribution in [0, 0.1) is 13.8 Å². The lowest BCUT2D eigenvalue weighted by molar-refractivity contribution is -0.138. The van der Waals surface area contributed by atoms with E-state index in [4.69, 9.17) is 0 Å². The lowest BCUT2D eigenvalue weighted by Crippen LogP contribution is -2.47. The molecule has 102 valence electrons. The van der Waals surface area contributed by atoms with Crippen LogP contribution in [0.4, 0.5) is 0 Å². The SMILES string of the molecule is Cc1ccc(C)c(CC(=O)N2CCC(=O)C2(C)C)c1. The predicted octanol–water partition coefficient (Wildman–Crippen LogP) is 2.43. The zero-order valence-electron chi connectivity index (χ0n) is 12.1. The molecule has 1 aliphatic heterocycles. The van der Waals surface area contributed by atoms with Gasteiger partial charge in [-0.05, 0) is 38.8 Å². The second-order valence-corrected chi connectivity index (χ2v) is 5.88. The fourth-order valence-electron chi connectivity index (χ4n) is 2.63. The monoisotopic (exact) mass is 259 g/mol. The molecule has 0 radical (unpaired) electrons. The number of carbonyl (C=O) groups is 2. The molecule has 1 saturated heterocycles. The van der Waals surface area contributed by atoms with Crippen molar-refractivity contribution in [1.82, 2.24) is 4.90 Å². The number of aryl methyl sites for hydroxylation is 2. The Kier molecular flexibility index (Phi) is 3.48. The third kappa shape index (κ3) is 2.55. The Labute approximate surface area is 114 Å². The van der Waals surface area contributed by atoms with E-state index in [-0.39, 0.29) is 11.7 Å². The molecule has 1 aromatic rings. The summed E-state index contributed by atoms with van der Waals surface area (Å²) in [6.07, 6.45) is 0.857. The van der Waals surface area contributed by atoms with Crippen LogP contribution in [-0.2, 0) is 16.0 Å². The molecular formula is C16H21NO2. The molecule has 0 atom stereocenters. The third-order valence-electron chi connectivity index (χ3n) is 4.07. The average Bonchev–Trinajstić information content (AvgIpc) is 2.59. The molecule has 1 heterocycles. The Morgan fingerprint density at radius 1 is 1.32 bits per heavy atom. The van der Waals surface area contributed by atoms with Gasteiger partial charge in [-0.15, -0.1) is 0 Å². The first-order valence-electron chi connectivity index (χ1n) is 6.72. The normalized spacial score (nSPS) is 17.9. The van der Waals surface area contributed by atoms with Crippen LogP contribution in [0.5, 0.6) is 0 Å². The van der Waals surface area contributed by atoms with Crippen LogP contribution >= 0.6 is 0 Å². The highest BCUT2D eigenvalue weighted by molar-refractivity contribution is 5.95. The molecule has 2 rings (SSSR count). The fourth-order valence-corrected chi connectivity index (χ4v) is 2.63. The number of nitrogens with zero attached hydrogens (tertiary/aromatic N) is 1. The largest absolute Gasteiger partial charge is 0.330 e. The quantitative estimate of drug-likeness (QED) is 0.818. The fraction of sp³-hybridized carbons (Fsp3) is 0.500. The van der Waals surface area contributed by atoms with Crippen LogP contribution in [-0.4, -0.2) is 28.7 Å². The molecule has 19 heavy (non-hydrogen) atoms. The Balaban J connectivity index is 2.18. The highest BCUT2D eigenvalue weighted by atomic mass is 16.2. The van der Waals surface area contributed by atoms with Crippen molar-refractivity contribution in [3.63, 3.8) is 0 Å². The number of amides is 1. The third-order valence-corrected chi connectivity index (χ3v) is 4.07. The standard InChI is InChI=1S/C16H21NO2/c1-11-5-6-12(2)13(9-11)10-15(19)17-8-7-14(18)16(17,3)4/h5-6,9H,7-8,10H2,1-4H3. The molecule has 0 unspecified atom stereocenters. The van der Waals surface area contributed by atoms with Crippen molar-refractivity contribution in [1.29, 1.82) is 0 Å². The Bertz CT molecular complexity index is 532. The van der Waals surface area contributed by atoms with Gasteiger partial charge in [0.1, 0.15) is 0 Å². The number of likely N-dealkylation sites (tertiary alicyclic amines) is 1. The van der Waals surface area contributed by atoms with Crippen molar-refractivity contribution < 1.29 is 9.59 Å². The van der Waals surface area contributed by atoms with E-state index in [9.17, 15) is 9.59 Å². The Morgan fingerprint density at radius 3 is 2.58 bits per heavy atom. The van der Waals surface area contributed by atoms with E-state index in [2.05, 4.69) is 6.07 Å². The van der Waals surface area contributed by atoms with E-state index in [1.165, 1.54) is 0 Å². The first-order valence-corrected chi connectivity index (χ1v) is 6.72. The first-order chi connectivity index (χ1) is 8.82. The summed E-state index contributed by atoms with van der Waals surface area (Å²) in [5, 5.41) is 0. The van der Waals surface area contributed by atoms with Crippen molar-refractivity contribution >= 4 is 11.7 Å². The maximum Gasteiger partial charge on any atom is 0.227 e. The van der Waals surface area contributed by atoms with Crippen LogP contribution in [0.15, 0.2) is 18.2 Å². The highest BCUT2D eigenvalue weighted by Crippen LogP contribution is 2.26. The average molecular weight is 259 g/mol. The summed E-state index contributed by atoms with van der Waals surface area (Å²) in [6, 6.07) is 6.14. The van der Waals surface area contributed by atoms with Gasteiger partial charge in [0, 0.05) is 13.0 Å².